The molecular formula is C75H91N13O14S. The van der Waals surface area contributed by atoms with Crippen LogP contribution >= 0.6 is 11.3 Å². The first-order chi connectivity index (χ1) is 49.1. The van der Waals surface area contributed by atoms with Crippen molar-refractivity contribution in [1.29, 1.82) is 0 Å². The van der Waals surface area contributed by atoms with Crippen LogP contribution in [0.25, 0.3) is 21.3 Å². The Balaban J connectivity index is 0.708. The number of nitrogens with two attached hydrogens (primary N) is 2. The fourth-order valence-corrected chi connectivity index (χ4v) is 17.9. The molecule has 5 heterocycles. The standard InChI is InChI=1S/C75H91N13O14S/c1-46(2)63(82-59(89)19-7-6-10-32-86-60(90)27-28-61(86)91)66(95)79-56(17-12-30-76)67(96)88(69(77)99)50-23-21-48(22-24-50)38-101-71(100)84(31-13-20-62(92)93)34-35-102-75-42-72(4)39-73(5,43-75)41-74(40-72,44-75)45-87-47(3)53(36-78-87)51-25-26-58(81-64(51)68(97)98)85-33-29-49-14-11-15-52(54(49)37-85)65(94)83-70-80-55-16-8-9-18-57(55)103-70/h8-9,11,14-16,18,21-28,36,46,56,63H,6-7,10,12-13,17,19-20,29-35,37-45,76H2,1-5H3,(H2,77,99)(H,79,95)(H,82,89)(H,92,93)(H,97,98)(H,80,83,94)/t56-,63-,72?,73?,74?,75?/m0/s1. The Bertz CT molecular complexity index is 4210. The summed E-state index contributed by atoms with van der Waals surface area (Å²) in [6.07, 6.45) is 11.1. The van der Waals surface area contributed by atoms with E-state index in [1.807, 2.05) is 59.0 Å². The van der Waals surface area contributed by atoms with Gasteiger partial charge in [0.05, 0.1) is 34.3 Å². The molecule has 28 heteroatoms. The zero-order chi connectivity index (χ0) is 73.5. The fraction of sp³-hybridized carbons (Fsp3) is 0.480. The Labute approximate surface area is 601 Å². The summed E-state index contributed by atoms with van der Waals surface area (Å²) in [5.41, 5.74) is 16.2. The molecule has 3 aromatic heterocycles. The maximum Gasteiger partial charge on any atom is 0.410 e. The molecule has 4 bridgehead atoms. The number of urea groups is 1. The number of aromatic nitrogens is 4. The molecule has 0 spiro atoms. The van der Waals surface area contributed by atoms with Crippen LogP contribution in [-0.4, -0.2) is 156 Å². The summed E-state index contributed by atoms with van der Waals surface area (Å²) in [6, 6.07) is 19.5. The van der Waals surface area contributed by atoms with Crippen molar-refractivity contribution in [1.82, 2.24) is 40.2 Å². The highest BCUT2D eigenvalue weighted by Gasteiger charge is 2.66. The van der Waals surface area contributed by atoms with Crippen molar-refractivity contribution in [2.24, 2.45) is 33.6 Å². The number of unbranched alkanes of at least 4 members (excludes halogenated alkanes) is 2. The van der Waals surface area contributed by atoms with Crippen LogP contribution in [0.1, 0.15) is 161 Å². The van der Waals surface area contributed by atoms with Crippen molar-refractivity contribution in [2.75, 3.05) is 54.4 Å². The topological polar surface area (TPSA) is 374 Å². The van der Waals surface area contributed by atoms with E-state index in [0.717, 1.165) is 75.4 Å². The first-order valence-electron chi connectivity index (χ1n) is 35.3. The van der Waals surface area contributed by atoms with Gasteiger partial charge >= 0.3 is 24.1 Å². The number of amides is 9. The summed E-state index contributed by atoms with van der Waals surface area (Å²) in [5.74, 6) is -5.10. The van der Waals surface area contributed by atoms with E-state index in [9.17, 15) is 58.2 Å². The minimum Gasteiger partial charge on any atom is -0.481 e. The number of para-hydroxylation sites is 1. The van der Waals surface area contributed by atoms with Crippen molar-refractivity contribution < 1.29 is 67.6 Å². The number of hydrogen-bond acceptors (Lipinski definition) is 18. The minimum absolute atomic E-state index is 0.0329. The number of carbonyl (C=O) groups is 10. The first-order valence-corrected chi connectivity index (χ1v) is 36.1. The molecule has 6 aromatic rings. The number of pyridine rings is 1. The van der Waals surface area contributed by atoms with Gasteiger partial charge in [-0.2, -0.15) is 5.10 Å². The number of nitrogens with one attached hydrogen (secondary N) is 3. The molecule has 4 fully saturated rings. The number of carboxylic acid groups (broad SMARTS) is 2. The molecule has 0 radical (unpaired) electrons. The SMILES string of the molecule is Cc1c(-c2ccc(N3CCc4cccc(C(=O)Nc5nc6ccccc6s5)c4C3)nc2C(=O)O)cnn1CC12CC3(C)CC(C)(C1)CC(OCCN(CCCC(=O)O)C(=O)OCc1ccc(N(C(N)=O)C(=O)[C@H](CCCN)NC(=O)[C@@H](NC(=O)CCCCCN4C(=O)C=CC4=O)C(C)C)cc1)(C3)C2. The number of nitrogens with zero attached hydrogens (tertiary/aromatic N) is 8. The van der Waals surface area contributed by atoms with Crippen LogP contribution in [0, 0.1) is 29.1 Å². The maximum atomic E-state index is 14.3. The molecule has 2 unspecified atom stereocenters. The number of hydrogen-bond donors (Lipinski definition) is 7. The number of aromatic carboxylic acids is 1. The average Bonchev–Trinajstić information content (AvgIpc) is 1.02. The van der Waals surface area contributed by atoms with Gasteiger partial charge in [-0.15, -0.1) is 0 Å². The quantitative estimate of drug-likeness (QED) is 0.0153. The number of imide groups is 2. The molecule has 0 saturated heterocycles. The van der Waals surface area contributed by atoms with E-state index in [1.165, 1.54) is 40.5 Å². The van der Waals surface area contributed by atoms with Crippen molar-refractivity contribution in [3.63, 3.8) is 0 Å². The van der Waals surface area contributed by atoms with E-state index >= 15 is 0 Å². The highest BCUT2D eigenvalue weighted by Crippen LogP contribution is 2.72. The monoisotopic (exact) mass is 1430 g/mol. The van der Waals surface area contributed by atoms with E-state index in [0.29, 0.717) is 78.5 Å². The molecular weight excluding hydrogens is 1340 g/mol. The Morgan fingerprint density at radius 2 is 1.52 bits per heavy atom. The van der Waals surface area contributed by atoms with Gasteiger partial charge in [-0.25, -0.2) is 29.3 Å². The molecule has 12 rings (SSSR count). The fourth-order valence-electron chi connectivity index (χ4n) is 17.0. The molecule has 9 N–H and O–H groups in total. The van der Waals surface area contributed by atoms with Gasteiger partial charge in [-0.05, 0) is 172 Å². The normalized spacial score (nSPS) is 20.8. The predicted molar refractivity (Wildman–Crippen MR) is 384 cm³/mol. The number of primary amides is 1. The number of fused-ring (bicyclic) bond motifs is 2. The zero-order valence-electron chi connectivity index (χ0n) is 58.9. The van der Waals surface area contributed by atoms with Gasteiger partial charge in [0.15, 0.2) is 10.8 Å². The van der Waals surface area contributed by atoms with E-state index in [-0.39, 0.29) is 117 Å². The van der Waals surface area contributed by atoms with E-state index in [1.54, 1.807) is 44.3 Å². The smallest absolute Gasteiger partial charge is 0.410 e. The van der Waals surface area contributed by atoms with Crippen molar-refractivity contribution in [3.8, 4) is 11.1 Å². The molecule has 2 aliphatic heterocycles. The summed E-state index contributed by atoms with van der Waals surface area (Å²) in [5, 5.41) is 34.3. The summed E-state index contributed by atoms with van der Waals surface area (Å²) in [4.78, 5) is 145. The second kappa shape index (κ2) is 31.3. The van der Waals surface area contributed by atoms with Gasteiger partial charge < -0.3 is 51.6 Å². The zero-order valence-corrected chi connectivity index (χ0v) is 59.7. The van der Waals surface area contributed by atoms with Crippen LogP contribution in [0.15, 0.2) is 97.2 Å². The highest BCUT2D eigenvalue weighted by molar-refractivity contribution is 7.22. The van der Waals surface area contributed by atoms with E-state index in [4.69, 9.17) is 31.0 Å². The van der Waals surface area contributed by atoms with Crippen LogP contribution in [0.3, 0.4) is 0 Å². The summed E-state index contributed by atoms with van der Waals surface area (Å²) >= 11 is 1.40. The number of ether oxygens (including phenoxy) is 2. The van der Waals surface area contributed by atoms with Crippen LogP contribution in [0.2, 0.25) is 0 Å². The van der Waals surface area contributed by atoms with Crippen LogP contribution < -0.4 is 37.2 Å². The third-order valence-electron chi connectivity index (χ3n) is 20.6. The summed E-state index contributed by atoms with van der Waals surface area (Å²) in [7, 11) is 0. The number of anilines is 3. The van der Waals surface area contributed by atoms with Gasteiger partial charge in [0, 0.05) is 86.6 Å². The van der Waals surface area contributed by atoms with Crippen LogP contribution in [0.4, 0.5) is 26.2 Å². The van der Waals surface area contributed by atoms with Gasteiger partial charge in [0.1, 0.15) is 24.5 Å². The molecule has 103 heavy (non-hydrogen) atoms. The van der Waals surface area contributed by atoms with Gasteiger partial charge in [-0.3, -0.25) is 48.5 Å². The number of aliphatic carboxylic acids is 1. The summed E-state index contributed by atoms with van der Waals surface area (Å²) < 4.78 is 15.9. The number of carboxylic acids is 2. The molecule has 4 saturated carbocycles. The number of carbonyl (C=O) groups excluding carboxylic acids is 8. The molecule has 9 amide bonds. The molecule has 3 aromatic carbocycles. The lowest BCUT2D eigenvalue weighted by molar-refractivity contribution is -0.248. The Morgan fingerprint density at radius 1 is 0.786 bits per heavy atom. The first kappa shape index (κ1) is 74.3. The lowest BCUT2D eigenvalue weighted by Crippen LogP contribution is -2.64. The summed E-state index contributed by atoms with van der Waals surface area (Å²) in [6.45, 7) is 12.0. The number of thiazole rings is 1. The molecule has 6 aliphatic rings. The average molecular weight is 1430 g/mol. The van der Waals surface area contributed by atoms with Crippen molar-refractivity contribution in [2.45, 2.75) is 168 Å². The predicted octanol–water partition coefficient (Wildman–Crippen LogP) is 9.28. The van der Waals surface area contributed by atoms with Crippen LogP contribution in [-0.2, 0) is 64.4 Å². The van der Waals surface area contributed by atoms with Gasteiger partial charge in [0.2, 0.25) is 11.8 Å². The number of rotatable bonds is 32. The van der Waals surface area contributed by atoms with E-state index < -0.39 is 65.4 Å². The maximum absolute atomic E-state index is 14.3. The van der Waals surface area contributed by atoms with Gasteiger partial charge in [0.25, 0.3) is 23.6 Å². The number of benzene rings is 3. The molecule has 546 valence electrons. The Kier molecular flexibility index (Phi) is 22.6. The minimum atomic E-state index is -1.28. The lowest BCUT2D eigenvalue weighted by Gasteiger charge is -2.69. The van der Waals surface area contributed by atoms with Crippen molar-refractivity contribution in [3.05, 3.63) is 131 Å². The largest absolute Gasteiger partial charge is 0.481 e. The third kappa shape index (κ3) is 17.3. The molecule has 4 atom stereocenters. The van der Waals surface area contributed by atoms with Crippen LogP contribution in [0.5, 0.6) is 0 Å². The highest BCUT2D eigenvalue weighted by atomic mass is 32.1. The third-order valence-corrected chi connectivity index (χ3v) is 21.5. The Hall–Kier alpha value is -9.93. The second-order valence-corrected chi connectivity index (χ2v) is 30.4. The lowest BCUT2D eigenvalue weighted by atomic mass is 9.39. The molecule has 27 nitrogen and oxygen atoms in total. The second-order valence-electron chi connectivity index (χ2n) is 29.4. The van der Waals surface area contributed by atoms with Crippen molar-refractivity contribution >= 4 is 97.7 Å². The Morgan fingerprint density at radius 3 is 2.21 bits per heavy atom. The van der Waals surface area contributed by atoms with E-state index in [2.05, 4.69) is 34.8 Å². The molecule has 4 aliphatic carbocycles. The van der Waals surface area contributed by atoms with Gasteiger partial charge in [-0.1, -0.05) is 81.9 Å².